The Morgan fingerprint density at radius 3 is 2.71 bits per heavy atom. The fourth-order valence-electron chi connectivity index (χ4n) is 1.64. The van der Waals surface area contributed by atoms with Gasteiger partial charge in [-0.15, -0.1) is 11.6 Å². The zero-order chi connectivity index (χ0) is 12.3. The highest BCUT2D eigenvalue weighted by molar-refractivity contribution is 6.16. The van der Waals surface area contributed by atoms with Crippen LogP contribution in [0.4, 0.5) is 0 Å². The molecule has 0 aliphatic heterocycles. The molecule has 0 unspecified atom stereocenters. The molecule has 0 spiro atoms. The molecule has 1 aromatic heterocycles. The van der Waals surface area contributed by atoms with E-state index in [0.29, 0.717) is 17.4 Å². The maximum absolute atomic E-state index is 5.73. The first-order valence-electron chi connectivity index (χ1n) is 5.11. The summed E-state index contributed by atoms with van der Waals surface area (Å²) in [5.41, 5.74) is 1.72. The van der Waals surface area contributed by atoms with Crippen LogP contribution in [0.25, 0.3) is 11.4 Å². The number of para-hydroxylation sites is 1. The maximum atomic E-state index is 5.73. The number of H-pyrrole nitrogens is 1. The minimum atomic E-state index is 0.402. The Labute approximate surface area is 105 Å². The van der Waals surface area contributed by atoms with Gasteiger partial charge in [0.05, 0.1) is 25.7 Å². The van der Waals surface area contributed by atoms with E-state index in [1.807, 2.05) is 18.2 Å². The van der Waals surface area contributed by atoms with Crippen LogP contribution in [0.1, 0.15) is 5.69 Å². The lowest BCUT2D eigenvalue weighted by molar-refractivity contribution is 0.356. The van der Waals surface area contributed by atoms with Crippen molar-refractivity contribution in [2.45, 2.75) is 5.88 Å². The van der Waals surface area contributed by atoms with E-state index in [0.717, 1.165) is 17.1 Å². The third-order valence-corrected chi connectivity index (χ3v) is 2.72. The van der Waals surface area contributed by atoms with Gasteiger partial charge in [0.25, 0.3) is 0 Å². The van der Waals surface area contributed by atoms with Gasteiger partial charge in [-0.25, -0.2) is 4.98 Å². The summed E-state index contributed by atoms with van der Waals surface area (Å²) >= 11 is 5.73. The molecule has 1 N–H and O–H groups in total. The number of benzene rings is 1. The number of rotatable bonds is 4. The Balaban J connectivity index is 2.50. The largest absolute Gasteiger partial charge is 0.493 e. The second kappa shape index (κ2) is 5.10. The average Bonchev–Trinajstić information content (AvgIpc) is 2.86. The van der Waals surface area contributed by atoms with Crippen LogP contribution in [0.5, 0.6) is 11.5 Å². The van der Waals surface area contributed by atoms with Gasteiger partial charge in [0.15, 0.2) is 11.5 Å². The van der Waals surface area contributed by atoms with Crippen LogP contribution in [0.2, 0.25) is 0 Å². The van der Waals surface area contributed by atoms with Crippen LogP contribution >= 0.6 is 11.6 Å². The Hall–Kier alpha value is -1.68. The number of alkyl halides is 1. The van der Waals surface area contributed by atoms with E-state index < -0.39 is 0 Å². The second-order valence-corrected chi connectivity index (χ2v) is 3.70. The molecule has 0 amide bonds. The number of aromatic nitrogens is 2. The Bertz CT molecular complexity index is 511. The van der Waals surface area contributed by atoms with Crippen molar-refractivity contribution in [1.29, 1.82) is 0 Å². The number of halogens is 1. The van der Waals surface area contributed by atoms with Gasteiger partial charge in [-0.1, -0.05) is 6.07 Å². The summed E-state index contributed by atoms with van der Waals surface area (Å²) in [4.78, 5) is 7.39. The maximum Gasteiger partial charge on any atom is 0.171 e. The van der Waals surface area contributed by atoms with Gasteiger partial charge in [0.2, 0.25) is 0 Å². The first kappa shape index (κ1) is 11.8. The normalized spacial score (nSPS) is 10.3. The molecule has 17 heavy (non-hydrogen) atoms. The second-order valence-electron chi connectivity index (χ2n) is 3.43. The summed E-state index contributed by atoms with van der Waals surface area (Å²) in [7, 11) is 3.21. The predicted octanol–water partition coefficient (Wildman–Crippen LogP) is 2.83. The number of methoxy groups -OCH3 is 2. The molecule has 0 aliphatic rings. The number of ether oxygens (including phenoxy) is 2. The van der Waals surface area contributed by atoms with Crippen molar-refractivity contribution in [3.05, 3.63) is 30.1 Å². The Kier molecular flexibility index (Phi) is 3.54. The highest BCUT2D eigenvalue weighted by Crippen LogP contribution is 2.36. The zero-order valence-electron chi connectivity index (χ0n) is 9.66. The van der Waals surface area contributed by atoms with Crippen molar-refractivity contribution in [3.8, 4) is 22.9 Å². The lowest BCUT2D eigenvalue weighted by atomic mass is 10.1. The molecule has 0 atom stereocenters. The van der Waals surface area contributed by atoms with Crippen LogP contribution in [-0.4, -0.2) is 24.2 Å². The first-order chi connectivity index (χ1) is 8.30. The SMILES string of the molecule is COc1cccc(-c2ncc(CCl)[nH]2)c1OC. The summed E-state index contributed by atoms with van der Waals surface area (Å²) in [5.74, 6) is 2.45. The number of aromatic amines is 1. The predicted molar refractivity (Wildman–Crippen MR) is 66.7 cm³/mol. The standard InChI is InChI=1S/C12H13ClN2O2/c1-16-10-5-3-4-9(11(10)17-2)12-14-7-8(6-13)15-12/h3-5,7H,6H2,1-2H3,(H,14,15). The van der Waals surface area contributed by atoms with Crippen LogP contribution in [0, 0.1) is 0 Å². The Morgan fingerprint density at radius 1 is 1.29 bits per heavy atom. The highest BCUT2D eigenvalue weighted by Gasteiger charge is 2.13. The van der Waals surface area contributed by atoms with Crippen molar-refractivity contribution in [2.75, 3.05) is 14.2 Å². The Morgan fingerprint density at radius 2 is 2.12 bits per heavy atom. The van der Waals surface area contributed by atoms with Gasteiger partial charge >= 0.3 is 0 Å². The van der Waals surface area contributed by atoms with Crippen molar-refractivity contribution in [3.63, 3.8) is 0 Å². The summed E-state index contributed by atoms with van der Waals surface area (Å²) in [6, 6.07) is 5.64. The van der Waals surface area contributed by atoms with E-state index in [1.165, 1.54) is 0 Å². The molecule has 1 aromatic carbocycles. The summed E-state index contributed by atoms with van der Waals surface area (Å²) < 4.78 is 10.6. The molecule has 0 aliphatic carbocycles. The van der Waals surface area contributed by atoms with Crippen LogP contribution in [-0.2, 0) is 5.88 Å². The van der Waals surface area contributed by atoms with E-state index >= 15 is 0 Å². The fourth-order valence-corrected chi connectivity index (χ4v) is 1.77. The van der Waals surface area contributed by atoms with Crippen molar-refractivity contribution in [2.24, 2.45) is 0 Å². The van der Waals surface area contributed by atoms with Crippen LogP contribution in [0.3, 0.4) is 0 Å². The quantitative estimate of drug-likeness (QED) is 0.852. The average molecular weight is 253 g/mol. The molecule has 0 bridgehead atoms. The van der Waals surface area contributed by atoms with Gasteiger partial charge in [0, 0.05) is 11.9 Å². The molecule has 0 saturated carbocycles. The van der Waals surface area contributed by atoms with E-state index in [2.05, 4.69) is 9.97 Å². The smallest absolute Gasteiger partial charge is 0.171 e. The van der Waals surface area contributed by atoms with Gasteiger partial charge < -0.3 is 14.5 Å². The molecule has 0 saturated heterocycles. The molecule has 5 heteroatoms. The van der Waals surface area contributed by atoms with Gasteiger partial charge in [-0.05, 0) is 12.1 Å². The molecular formula is C12H13ClN2O2. The van der Waals surface area contributed by atoms with Gasteiger partial charge in [-0.2, -0.15) is 0 Å². The van der Waals surface area contributed by atoms with Crippen molar-refractivity contribution >= 4 is 11.6 Å². The summed E-state index contributed by atoms with van der Waals surface area (Å²) in [6.07, 6.45) is 1.71. The van der Waals surface area contributed by atoms with E-state index in [9.17, 15) is 0 Å². The van der Waals surface area contributed by atoms with Crippen LogP contribution < -0.4 is 9.47 Å². The minimum Gasteiger partial charge on any atom is -0.493 e. The molecule has 90 valence electrons. The zero-order valence-corrected chi connectivity index (χ0v) is 10.4. The fraction of sp³-hybridized carbons (Fsp3) is 0.250. The lowest BCUT2D eigenvalue weighted by Crippen LogP contribution is -1.94. The minimum absolute atomic E-state index is 0.402. The third kappa shape index (κ3) is 2.22. The summed E-state index contributed by atoms with van der Waals surface area (Å²) in [6.45, 7) is 0. The number of imidazole rings is 1. The van der Waals surface area contributed by atoms with E-state index in [-0.39, 0.29) is 0 Å². The monoisotopic (exact) mass is 252 g/mol. The van der Waals surface area contributed by atoms with Crippen molar-refractivity contribution < 1.29 is 9.47 Å². The van der Waals surface area contributed by atoms with E-state index in [1.54, 1.807) is 20.4 Å². The van der Waals surface area contributed by atoms with Gasteiger partial charge in [-0.3, -0.25) is 0 Å². The number of hydrogen-bond donors (Lipinski definition) is 1. The third-order valence-electron chi connectivity index (χ3n) is 2.43. The van der Waals surface area contributed by atoms with Crippen LogP contribution in [0.15, 0.2) is 24.4 Å². The number of hydrogen-bond acceptors (Lipinski definition) is 3. The molecule has 2 rings (SSSR count). The lowest BCUT2D eigenvalue weighted by Gasteiger charge is -2.10. The van der Waals surface area contributed by atoms with Gasteiger partial charge in [0.1, 0.15) is 5.82 Å². The molecular weight excluding hydrogens is 240 g/mol. The highest BCUT2D eigenvalue weighted by atomic mass is 35.5. The van der Waals surface area contributed by atoms with Crippen molar-refractivity contribution in [1.82, 2.24) is 9.97 Å². The van der Waals surface area contributed by atoms with E-state index in [4.69, 9.17) is 21.1 Å². The first-order valence-corrected chi connectivity index (χ1v) is 5.64. The molecule has 2 aromatic rings. The number of nitrogens with one attached hydrogen (secondary N) is 1. The molecule has 0 radical (unpaired) electrons. The molecule has 4 nitrogen and oxygen atoms in total. The number of nitrogens with zero attached hydrogens (tertiary/aromatic N) is 1. The molecule has 0 fully saturated rings. The topological polar surface area (TPSA) is 47.1 Å². The summed E-state index contributed by atoms with van der Waals surface area (Å²) in [5, 5.41) is 0. The molecule has 1 heterocycles.